The Morgan fingerprint density at radius 3 is 2.70 bits per heavy atom. The number of hydrogen-bond donors (Lipinski definition) is 1. The molecule has 30 heavy (non-hydrogen) atoms. The number of piperidine rings is 1. The molecule has 3 aromatic rings. The third-order valence-corrected chi connectivity index (χ3v) is 6.32. The van der Waals surface area contributed by atoms with Crippen molar-refractivity contribution in [1.82, 2.24) is 9.97 Å². The van der Waals surface area contributed by atoms with Crippen LogP contribution in [0.15, 0.2) is 65.8 Å². The Bertz CT molecular complexity index is 1030. The summed E-state index contributed by atoms with van der Waals surface area (Å²) in [6, 6.07) is 19.8. The summed E-state index contributed by atoms with van der Waals surface area (Å²) >= 11 is 1.54. The van der Waals surface area contributed by atoms with Crippen molar-refractivity contribution < 1.29 is 9.90 Å². The van der Waals surface area contributed by atoms with Crippen molar-refractivity contribution in [1.29, 1.82) is 0 Å². The standard InChI is InChI=1S/C24H25N3O2S/c1-17-8-5-6-13-27(17)22-15-21(19-10-3-2-4-11-19)25-24(26-22)30-16-18-9-7-12-20(14-18)23(28)29/h2-4,7,9-12,14-15,17H,5-6,8,13,16H2,1H3,(H,28,29). The smallest absolute Gasteiger partial charge is 0.335 e. The molecule has 1 aliphatic rings. The molecule has 0 bridgehead atoms. The maximum Gasteiger partial charge on any atom is 0.335 e. The van der Waals surface area contributed by atoms with Crippen LogP contribution in [0.3, 0.4) is 0 Å². The Kier molecular flexibility index (Phi) is 6.33. The van der Waals surface area contributed by atoms with Crippen LogP contribution in [0, 0.1) is 0 Å². The first-order chi connectivity index (χ1) is 14.6. The van der Waals surface area contributed by atoms with Gasteiger partial charge in [-0.05, 0) is 43.9 Å². The fourth-order valence-corrected chi connectivity index (χ4v) is 4.56. The highest BCUT2D eigenvalue weighted by Gasteiger charge is 2.21. The molecule has 1 saturated heterocycles. The van der Waals surface area contributed by atoms with E-state index < -0.39 is 5.97 Å². The van der Waals surface area contributed by atoms with Crippen LogP contribution >= 0.6 is 11.8 Å². The van der Waals surface area contributed by atoms with Crippen molar-refractivity contribution in [2.24, 2.45) is 0 Å². The molecule has 6 heteroatoms. The number of hydrogen-bond acceptors (Lipinski definition) is 5. The average molecular weight is 420 g/mol. The highest BCUT2D eigenvalue weighted by Crippen LogP contribution is 2.30. The van der Waals surface area contributed by atoms with Crippen molar-refractivity contribution in [3.63, 3.8) is 0 Å². The van der Waals surface area contributed by atoms with Crippen LogP contribution in [0.2, 0.25) is 0 Å². The zero-order valence-corrected chi connectivity index (χ0v) is 17.8. The predicted octanol–water partition coefficient (Wildman–Crippen LogP) is 5.51. The SMILES string of the molecule is CC1CCCCN1c1cc(-c2ccccc2)nc(SCc2cccc(C(=O)O)c2)n1. The van der Waals surface area contributed by atoms with E-state index in [0.717, 1.165) is 29.2 Å². The third-order valence-electron chi connectivity index (χ3n) is 5.40. The van der Waals surface area contributed by atoms with E-state index in [9.17, 15) is 9.90 Å². The number of benzene rings is 2. The molecule has 0 amide bonds. The molecule has 1 aromatic heterocycles. The van der Waals surface area contributed by atoms with Crippen LogP contribution in [-0.2, 0) is 5.75 Å². The van der Waals surface area contributed by atoms with Gasteiger partial charge in [-0.1, -0.05) is 54.2 Å². The van der Waals surface area contributed by atoms with Gasteiger partial charge < -0.3 is 10.0 Å². The van der Waals surface area contributed by atoms with Gasteiger partial charge in [0.1, 0.15) is 5.82 Å². The van der Waals surface area contributed by atoms with E-state index in [-0.39, 0.29) is 0 Å². The summed E-state index contributed by atoms with van der Waals surface area (Å²) in [5, 5.41) is 9.94. The van der Waals surface area contributed by atoms with Gasteiger partial charge in [0.15, 0.2) is 5.16 Å². The second-order valence-corrected chi connectivity index (χ2v) is 8.53. The molecule has 0 saturated carbocycles. The minimum absolute atomic E-state index is 0.301. The number of aromatic nitrogens is 2. The predicted molar refractivity (Wildman–Crippen MR) is 121 cm³/mol. The number of nitrogens with zero attached hydrogens (tertiary/aromatic N) is 3. The molecule has 2 aromatic carbocycles. The fraction of sp³-hybridized carbons (Fsp3) is 0.292. The number of carboxylic acids is 1. The van der Waals surface area contributed by atoms with Crippen LogP contribution in [0.25, 0.3) is 11.3 Å². The van der Waals surface area contributed by atoms with Crippen molar-refractivity contribution >= 4 is 23.5 Å². The molecule has 1 fully saturated rings. The summed E-state index contributed by atoms with van der Waals surface area (Å²) in [7, 11) is 0. The molecule has 0 aliphatic carbocycles. The van der Waals surface area contributed by atoms with Gasteiger partial charge in [-0.3, -0.25) is 0 Å². The van der Waals surface area contributed by atoms with Gasteiger partial charge in [0.05, 0.1) is 11.3 Å². The first kappa shape index (κ1) is 20.4. The Morgan fingerprint density at radius 2 is 1.93 bits per heavy atom. The van der Waals surface area contributed by atoms with E-state index in [1.807, 2.05) is 24.3 Å². The van der Waals surface area contributed by atoms with Crippen LogP contribution in [0.1, 0.15) is 42.1 Å². The number of carbonyl (C=O) groups is 1. The van der Waals surface area contributed by atoms with E-state index >= 15 is 0 Å². The van der Waals surface area contributed by atoms with Gasteiger partial charge in [-0.25, -0.2) is 14.8 Å². The normalized spacial score (nSPS) is 16.4. The maximum absolute atomic E-state index is 11.2. The van der Waals surface area contributed by atoms with Crippen molar-refractivity contribution in [3.05, 3.63) is 71.8 Å². The van der Waals surface area contributed by atoms with Gasteiger partial charge in [0.25, 0.3) is 0 Å². The highest BCUT2D eigenvalue weighted by molar-refractivity contribution is 7.98. The second kappa shape index (κ2) is 9.30. The molecule has 154 valence electrons. The molecular formula is C24H25N3O2S. The van der Waals surface area contributed by atoms with E-state index in [1.165, 1.54) is 19.3 Å². The van der Waals surface area contributed by atoms with Crippen LogP contribution in [-0.4, -0.2) is 33.6 Å². The highest BCUT2D eigenvalue weighted by atomic mass is 32.2. The van der Waals surface area contributed by atoms with Crippen LogP contribution in [0.5, 0.6) is 0 Å². The van der Waals surface area contributed by atoms with Crippen LogP contribution < -0.4 is 4.90 Å². The minimum Gasteiger partial charge on any atom is -0.478 e. The van der Waals surface area contributed by atoms with Crippen molar-refractivity contribution in [3.8, 4) is 11.3 Å². The van der Waals surface area contributed by atoms with E-state index in [1.54, 1.807) is 30.0 Å². The summed E-state index contributed by atoms with van der Waals surface area (Å²) in [4.78, 5) is 23.3. The lowest BCUT2D eigenvalue weighted by Gasteiger charge is -2.34. The summed E-state index contributed by atoms with van der Waals surface area (Å²) in [5.41, 5.74) is 3.23. The van der Waals surface area contributed by atoms with E-state index in [2.05, 4.69) is 30.0 Å². The molecule has 1 unspecified atom stereocenters. The monoisotopic (exact) mass is 419 g/mol. The minimum atomic E-state index is -0.912. The number of rotatable bonds is 6. The molecule has 1 N–H and O–H groups in total. The third kappa shape index (κ3) is 4.82. The van der Waals surface area contributed by atoms with E-state index in [4.69, 9.17) is 9.97 Å². The topological polar surface area (TPSA) is 66.3 Å². The lowest BCUT2D eigenvalue weighted by atomic mass is 10.0. The largest absolute Gasteiger partial charge is 0.478 e. The van der Waals surface area contributed by atoms with E-state index in [0.29, 0.717) is 22.5 Å². The van der Waals surface area contributed by atoms with Crippen LogP contribution in [0.4, 0.5) is 5.82 Å². The number of thioether (sulfide) groups is 1. The average Bonchev–Trinajstić information content (AvgIpc) is 2.78. The van der Waals surface area contributed by atoms with Crippen molar-refractivity contribution in [2.75, 3.05) is 11.4 Å². The lowest BCUT2D eigenvalue weighted by Crippen LogP contribution is -2.38. The molecule has 1 atom stereocenters. The van der Waals surface area contributed by atoms with Gasteiger partial charge in [0.2, 0.25) is 0 Å². The summed E-state index contributed by atoms with van der Waals surface area (Å²) in [6.07, 6.45) is 3.62. The first-order valence-corrected chi connectivity index (χ1v) is 11.2. The van der Waals surface area contributed by atoms with Crippen molar-refractivity contribution in [2.45, 2.75) is 43.1 Å². The molecule has 5 nitrogen and oxygen atoms in total. The zero-order chi connectivity index (χ0) is 20.9. The fourth-order valence-electron chi connectivity index (χ4n) is 3.76. The Balaban J connectivity index is 1.63. The molecule has 4 rings (SSSR count). The first-order valence-electron chi connectivity index (χ1n) is 10.3. The van der Waals surface area contributed by atoms with Gasteiger partial charge in [-0.2, -0.15) is 0 Å². The zero-order valence-electron chi connectivity index (χ0n) is 17.0. The molecule has 0 spiro atoms. The van der Waals surface area contributed by atoms with Gasteiger partial charge in [0, 0.05) is 30.0 Å². The molecular weight excluding hydrogens is 394 g/mol. The van der Waals surface area contributed by atoms with Gasteiger partial charge >= 0.3 is 5.97 Å². The summed E-state index contributed by atoms with van der Waals surface area (Å²) in [6.45, 7) is 3.27. The Morgan fingerprint density at radius 1 is 1.10 bits per heavy atom. The quantitative estimate of drug-likeness (QED) is 0.420. The second-order valence-electron chi connectivity index (χ2n) is 7.59. The van der Waals surface area contributed by atoms with Gasteiger partial charge in [-0.15, -0.1) is 0 Å². The number of carboxylic acid groups (broad SMARTS) is 1. The molecule has 1 aliphatic heterocycles. The molecule has 0 radical (unpaired) electrons. The summed E-state index contributed by atoms with van der Waals surface area (Å²) in [5.74, 6) is 0.678. The maximum atomic E-state index is 11.2. The lowest BCUT2D eigenvalue weighted by molar-refractivity contribution is 0.0696. The number of anilines is 1. The Hall–Kier alpha value is -2.86. The number of aromatic carboxylic acids is 1. The Labute approximate surface area is 181 Å². The molecule has 2 heterocycles. The summed E-state index contributed by atoms with van der Waals surface area (Å²) < 4.78 is 0.